The van der Waals surface area contributed by atoms with Crippen LogP contribution in [0.4, 0.5) is 0 Å². The number of hydrogen-bond acceptors (Lipinski definition) is 4. The van der Waals surface area contributed by atoms with Crippen LogP contribution in [0.3, 0.4) is 0 Å². The predicted octanol–water partition coefficient (Wildman–Crippen LogP) is 2.66. The number of rotatable bonds is 3. The summed E-state index contributed by atoms with van der Waals surface area (Å²) in [5.41, 5.74) is 0.871. The Kier molecular flexibility index (Phi) is 3.51. The van der Waals surface area contributed by atoms with Crippen LogP contribution in [0.5, 0.6) is 0 Å². The van der Waals surface area contributed by atoms with Crippen molar-refractivity contribution in [2.45, 2.75) is 26.7 Å². The second-order valence-electron chi connectivity index (χ2n) is 6.15. The van der Waals surface area contributed by atoms with E-state index in [1.54, 1.807) is 42.3 Å². The van der Waals surface area contributed by atoms with Crippen LogP contribution in [0, 0.1) is 0 Å². The molecule has 0 N–H and O–H groups in total. The number of thioether (sulfide) groups is 1. The first-order valence-corrected chi connectivity index (χ1v) is 10.2. The molecule has 6 heteroatoms. The average Bonchev–Trinajstić information content (AvgIpc) is 3.14. The molecule has 2 fully saturated rings. The molecule has 0 radical (unpaired) electrons. The molecule has 0 unspecified atom stereocenters. The fourth-order valence-corrected chi connectivity index (χ4v) is 8.20. The predicted molar refractivity (Wildman–Crippen MR) is 94.3 cm³/mol. The first kappa shape index (κ1) is 15.7. The van der Waals surface area contributed by atoms with E-state index in [2.05, 4.69) is 0 Å². The van der Waals surface area contributed by atoms with Gasteiger partial charge < -0.3 is 4.90 Å². The van der Waals surface area contributed by atoms with Crippen molar-refractivity contribution in [2.75, 3.05) is 7.05 Å². The molecule has 2 bridgehead atoms. The lowest BCUT2D eigenvalue weighted by Gasteiger charge is -2.40. The molecule has 0 spiro atoms. The van der Waals surface area contributed by atoms with Crippen molar-refractivity contribution in [3.63, 3.8) is 0 Å². The zero-order valence-corrected chi connectivity index (χ0v) is 14.8. The van der Waals surface area contributed by atoms with Gasteiger partial charge in [0.05, 0.1) is 10.1 Å². The molecule has 0 aromatic heterocycles. The highest BCUT2D eigenvalue weighted by Gasteiger charge is 2.65. The van der Waals surface area contributed by atoms with Crippen LogP contribution >= 0.6 is 11.8 Å². The van der Waals surface area contributed by atoms with E-state index in [0.29, 0.717) is 11.3 Å². The van der Waals surface area contributed by atoms with Gasteiger partial charge in [0, 0.05) is 7.05 Å². The SMILES string of the molecule is CN1C(=O)[C@H]2C[C@@H](S(=O)(=O)c3ccccc3)[C@]1(c1ccccc1)S2. The number of likely N-dealkylation sites (tertiary alicyclic amines) is 1. The van der Waals surface area contributed by atoms with E-state index in [4.69, 9.17) is 0 Å². The van der Waals surface area contributed by atoms with Crippen molar-refractivity contribution in [1.29, 1.82) is 0 Å². The lowest BCUT2D eigenvalue weighted by Crippen LogP contribution is -2.53. The zero-order valence-electron chi connectivity index (χ0n) is 13.1. The number of carbonyl (C=O) groups is 1. The minimum absolute atomic E-state index is 0.0170. The first-order valence-electron chi connectivity index (χ1n) is 7.78. The van der Waals surface area contributed by atoms with Gasteiger partial charge in [-0.15, -0.1) is 11.8 Å². The van der Waals surface area contributed by atoms with Crippen LogP contribution in [0.1, 0.15) is 12.0 Å². The largest absolute Gasteiger partial charge is 0.325 e. The van der Waals surface area contributed by atoms with Crippen molar-refractivity contribution in [3.8, 4) is 0 Å². The standard InChI is InChI=1S/C18H17NO3S2/c1-19-17(20)15-12-16(24(21,22)14-10-6-3-7-11-14)18(19,23-15)13-8-4-2-5-9-13/h2-11,15-16H,12H2,1H3/t15-,16-,18+/m1/s1. The maximum absolute atomic E-state index is 13.3. The molecule has 2 aliphatic rings. The van der Waals surface area contributed by atoms with Crippen molar-refractivity contribution in [2.24, 2.45) is 0 Å². The van der Waals surface area contributed by atoms with Gasteiger partial charge in [0.2, 0.25) is 5.91 Å². The monoisotopic (exact) mass is 359 g/mol. The molecular weight excluding hydrogens is 342 g/mol. The minimum Gasteiger partial charge on any atom is -0.325 e. The molecule has 3 atom stereocenters. The van der Waals surface area contributed by atoms with E-state index in [1.807, 2.05) is 30.3 Å². The van der Waals surface area contributed by atoms with Crippen molar-refractivity contribution in [1.82, 2.24) is 4.90 Å². The fraction of sp³-hybridized carbons (Fsp3) is 0.278. The molecule has 2 saturated heterocycles. The summed E-state index contributed by atoms with van der Waals surface area (Å²) in [4.78, 5) is 13.6. The number of sulfone groups is 1. The van der Waals surface area contributed by atoms with Crippen LogP contribution in [-0.4, -0.2) is 36.8 Å². The first-order chi connectivity index (χ1) is 11.5. The molecule has 2 aliphatic heterocycles. The van der Waals surface area contributed by atoms with Crippen molar-refractivity contribution >= 4 is 27.5 Å². The highest BCUT2D eigenvalue weighted by molar-refractivity contribution is 8.04. The Morgan fingerprint density at radius 2 is 1.62 bits per heavy atom. The fourth-order valence-electron chi connectivity index (χ4n) is 3.76. The van der Waals surface area contributed by atoms with Crippen LogP contribution in [0.15, 0.2) is 65.6 Å². The summed E-state index contributed by atoms with van der Waals surface area (Å²) >= 11 is 1.48. The number of fused-ring (bicyclic) bond motifs is 2. The molecule has 24 heavy (non-hydrogen) atoms. The van der Waals surface area contributed by atoms with Crippen LogP contribution in [-0.2, 0) is 19.5 Å². The van der Waals surface area contributed by atoms with E-state index < -0.39 is 20.0 Å². The molecule has 124 valence electrons. The number of nitrogens with zero attached hydrogens (tertiary/aromatic N) is 1. The molecular formula is C18H17NO3S2. The number of benzene rings is 2. The second-order valence-corrected chi connectivity index (χ2v) is 9.71. The summed E-state index contributed by atoms with van der Waals surface area (Å²) in [5, 5.41) is -0.939. The minimum atomic E-state index is -3.55. The number of carbonyl (C=O) groups excluding carboxylic acids is 1. The van der Waals surface area contributed by atoms with E-state index in [1.165, 1.54) is 11.8 Å². The summed E-state index contributed by atoms with van der Waals surface area (Å²) in [6, 6.07) is 18.0. The highest BCUT2D eigenvalue weighted by Crippen LogP contribution is 2.60. The van der Waals surface area contributed by atoms with E-state index in [-0.39, 0.29) is 11.2 Å². The quantitative estimate of drug-likeness (QED) is 0.845. The van der Waals surface area contributed by atoms with Crippen LogP contribution < -0.4 is 0 Å². The summed E-state index contributed by atoms with van der Waals surface area (Å²) in [7, 11) is -1.83. The third-order valence-corrected chi connectivity index (χ3v) is 9.12. The third kappa shape index (κ3) is 1.99. The van der Waals surface area contributed by atoms with E-state index >= 15 is 0 Å². The van der Waals surface area contributed by atoms with Gasteiger partial charge in [-0.2, -0.15) is 0 Å². The Morgan fingerprint density at radius 3 is 2.21 bits per heavy atom. The number of amides is 1. The summed E-state index contributed by atoms with van der Waals surface area (Å²) < 4.78 is 26.6. The topological polar surface area (TPSA) is 54.5 Å². The van der Waals surface area contributed by atoms with Crippen molar-refractivity contribution < 1.29 is 13.2 Å². The maximum Gasteiger partial charge on any atom is 0.237 e. The smallest absolute Gasteiger partial charge is 0.237 e. The van der Waals surface area contributed by atoms with Gasteiger partial charge in [-0.3, -0.25) is 4.79 Å². The van der Waals surface area contributed by atoms with Gasteiger partial charge in [-0.25, -0.2) is 8.42 Å². The average molecular weight is 359 g/mol. The van der Waals surface area contributed by atoms with Gasteiger partial charge in [-0.1, -0.05) is 48.5 Å². The normalized spacial score (nSPS) is 29.2. The maximum atomic E-state index is 13.3. The Balaban J connectivity index is 1.89. The molecule has 0 aliphatic carbocycles. The molecule has 4 nitrogen and oxygen atoms in total. The summed E-state index contributed by atoms with van der Waals surface area (Å²) in [5.74, 6) is 0.0170. The zero-order chi connectivity index (χ0) is 16.9. The van der Waals surface area contributed by atoms with Crippen LogP contribution in [0.2, 0.25) is 0 Å². The van der Waals surface area contributed by atoms with Gasteiger partial charge >= 0.3 is 0 Å². The number of piperidine rings is 1. The van der Waals surface area contributed by atoms with Gasteiger partial charge in [0.15, 0.2) is 9.84 Å². The highest BCUT2D eigenvalue weighted by atomic mass is 32.2. The number of hydrogen-bond donors (Lipinski definition) is 0. The molecule has 1 amide bonds. The lowest BCUT2D eigenvalue weighted by molar-refractivity contribution is -0.133. The lowest BCUT2D eigenvalue weighted by atomic mass is 9.95. The summed E-state index contributed by atoms with van der Waals surface area (Å²) in [6.45, 7) is 0. The van der Waals surface area contributed by atoms with Crippen LogP contribution in [0.25, 0.3) is 0 Å². The van der Waals surface area contributed by atoms with E-state index in [9.17, 15) is 13.2 Å². The second kappa shape index (κ2) is 5.36. The molecule has 0 saturated carbocycles. The Morgan fingerprint density at radius 1 is 1.04 bits per heavy atom. The third-order valence-electron chi connectivity index (χ3n) is 4.92. The van der Waals surface area contributed by atoms with Gasteiger partial charge in [-0.05, 0) is 24.1 Å². The molecule has 4 rings (SSSR count). The van der Waals surface area contributed by atoms with E-state index in [0.717, 1.165) is 5.56 Å². The van der Waals surface area contributed by atoms with Gasteiger partial charge in [0.25, 0.3) is 0 Å². The van der Waals surface area contributed by atoms with Gasteiger partial charge in [0.1, 0.15) is 10.1 Å². The Labute approximate surface area is 145 Å². The molecule has 2 aromatic rings. The molecule has 2 aromatic carbocycles. The van der Waals surface area contributed by atoms with Crippen molar-refractivity contribution in [3.05, 3.63) is 66.2 Å². The molecule has 2 heterocycles. The Bertz CT molecular complexity index is 883. The summed E-state index contributed by atoms with van der Waals surface area (Å²) in [6.07, 6.45) is 0.361. The Hall–Kier alpha value is -1.79.